The van der Waals surface area contributed by atoms with Crippen molar-refractivity contribution in [2.45, 2.75) is 51.8 Å². The molecule has 2 unspecified atom stereocenters. The Bertz CT molecular complexity index is 1180. The summed E-state index contributed by atoms with van der Waals surface area (Å²) in [6.45, 7) is 6.38. The van der Waals surface area contributed by atoms with E-state index in [2.05, 4.69) is 24.1 Å². The number of amidine groups is 1. The van der Waals surface area contributed by atoms with Crippen molar-refractivity contribution in [3.63, 3.8) is 0 Å². The number of halogens is 1. The molecule has 8 heteroatoms. The number of nitrogens with one attached hydrogen (secondary N) is 1. The number of carbonyl (C=O) groups is 1. The SMILES string of the molecule is COC1[C@H](C)CC2(Cc3ccc(NC(=O)c4ccc(F)cn4)cc3[C@@]23N=C(C)C(N)=N3)C[C@@H]1C. The first-order valence-electron chi connectivity index (χ1n) is 11.7. The number of aliphatic imine (C=N–C) groups is 2. The fraction of sp³-hybridized carbons (Fsp3) is 0.462. The minimum absolute atomic E-state index is 0.144. The van der Waals surface area contributed by atoms with Crippen LogP contribution < -0.4 is 11.1 Å². The van der Waals surface area contributed by atoms with Crippen LogP contribution in [0.1, 0.15) is 55.2 Å². The van der Waals surface area contributed by atoms with Crippen LogP contribution in [0.4, 0.5) is 10.1 Å². The summed E-state index contributed by atoms with van der Waals surface area (Å²) in [5, 5.41) is 2.89. The zero-order chi connectivity index (χ0) is 24.3. The lowest BCUT2D eigenvalue weighted by Crippen LogP contribution is -2.49. The second-order valence-electron chi connectivity index (χ2n) is 10.1. The number of amides is 1. The van der Waals surface area contributed by atoms with Gasteiger partial charge in [-0.25, -0.2) is 14.4 Å². The highest BCUT2D eigenvalue weighted by Gasteiger charge is 2.63. The number of methoxy groups -OCH3 is 1. The van der Waals surface area contributed by atoms with E-state index in [0.717, 1.165) is 36.7 Å². The molecule has 1 aromatic heterocycles. The summed E-state index contributed by atoms with van der Waals surface area (Å²) >= 11 is 0. The lowest BCUT2D eigenvalue weighted by atomic mass is 9.59. The number of fused-ring (bicyclic) bond motifs is 3. The molecule has 0 radical (unpaired) electrons. The number of pyridine rings is 1. The van der Waals surface area contributed by atoms with E-state index in [4.69, 9.17) is 20.5 Å². The number of hydrogen-bond donors (Lipinski definition) is 2. The van der Waals surface area contributed by atoms with Crippen LogP contribution in [0.15, 0.2) is 46.5 Å². The van der Waals surface area contributed by atoms with Gasteiger partial charge in [-0.2, -0.15) is 0 Å². The topological polar surface area (TPSA) is 102 Å². The van der Waals surface area contributed by atoms with Crippen molar-refractivity contribution in [3.8, 4) is 0 Å². The van der Waals surface area contributed by atoms with Gasteiger partial charge in [0, 0.05) is 23.8 Å². The number of rotatable bonds is 3. The summed E-state index contributed by atoms with van der Waals surface area (Å²) in [6, 6.07) is 8.48. The van der Waals surface area contributed by atoms with Gasteiger partial charge in [-0.1, -0.05) is 19.9 Å². The van der Waals surface area contributed by atoms with Crippen LogP contribution in [0, 0.1) is 23.1 Å². The van der Waals surface area contributed by atoms with Gasteiger partial charge in [-0.05, 0) is 67.9 Å². The van der Waals surface area contributed by atoms with Gasteiger partial charge in [0.25, 0.3) is 5.91 Å². The minimum atomic E-state index is -0.813. The van der Waals surface area contributed by atoms with Gasteiger partial charge < -0.3 is 15.8 Å². The van der Waals surface area contributed by atoms with E-state index >= 15 is 0 Å². The van der Waals surface area contributed by atoms with Crippen LogP contribution in [0.5, 0.6) is 0 Å². The molecule has 178 valence electrons. The van der Waals surface area contributed by atoms with Crippen LogP contribution in [-0.2, 0) is 16.8 Å². The van der Waals surface area contributed by atoms with Gasteiger partial charge in [0.1, 0.15) is 17.3 Å². The Morgan fingerprint density at radius 1 is 1.18 bits per heavy atom. The lowest BCUT2D eigenvalue weighted by molar-refractivity contribution is -0.0729. The quantitative estimate of drug-likeness (QED) is 0.716. The maximum atomic E-state index is 13.2. The van der Waals surface area contributed by atoms with Gasteiger partial charge >= 0.3 is 0 Å². The Morgan fingerprint density at radius 3 is 2.50 bits per heavy atom. The second-order valence-corrected chi connectivity index (χ2v) is 10.1. The fourth-order valence-electron chi connectivity index (χ4n) is 6.55. The third-order valence-electron chi connectivity index (χ3n) is 7.77. The molecule has 34 heavy (non-hydrogen) atoms. The predicted octanol–water partition coefficient (Wildman–Crippen LogP) is 4.08. The van der Waals surface area contributed by atoms with Crippen LogP contribution >= 0.6 is 0 Å². The van der Waals surface area contributed by atoms with Gasteiger partial charge in [0.05, 0.1) is 18.0 Å². The van der Waals surface area contributed by atoms with E-state index in [1.54, 1.807) is 7.11 Å². The predicted molar refractivity (Wildman–Crippen MR) is 129 cm³/mol. The number of hydrogen-bond acceptors (Lipinski definition) is 6. The molecule has 2 aromatic rings. The summed E-state index contributed by atoms with van der Waals surface area (Å²) in [5.74, 6) is 0.260. The van der Waals surface area contributed by atoms with Crippen molar-refractivity contribution in [1.82, 2.24) is 4.98 Å². The highest BCUT2D eigenvalue weighted by atomic mass is 19.1. The number of benzene rings is 1. The summed E-state index contributed by atoms with van der Waals surface area (Å²) in [7, 11) is 1.79. The van der Waals surface area contributed by atoms with Gasteiger partial charge in [-0.3, -0.25) is 9.79 Å². The Balaban J connectivity index is 1.55. The molecular formula is C26H30FN5O2. The average molecular weight is 464 g/mol. The maximum absolute atomic E-state index is 13.2. The van der Waals surface area contributed by atoms with Crippen molar-refractivity contribution in [3.05, 3.63) is 59.2 Å². The summed E-state index contributed by atoms with van der Waals surface area (Å²) in [4.78, 5) is 26.7. The molecule has 1 aliphatic heterocycles. The Kier molecular flexibility index (Phi) is 5.31. The maximum Gasteiger partial charge on any atom is 0.274 e. The van der Waals surface area contributed by atoms with E-state index < -0.39 is 17.4 Å². The molecule has 0 saturated heterocycles. The highest BCUT2D eigenvalue weighted by molar-refractivity contribution is 6.41. The van der Waals surface area contributed by atoms with Crippen molar-refractivity contribution in [2.24, 2.45) is 33.0 Å². The highest BCUT2D eigenvalue weighted by Crippen LogP contribution is 2.63. The molecule has 7 nitrogen and oxygen atoms in total. The molecule has 2 aliphatic carbocycles. The minimum Gasteiger partial charge on any atom is -0.382 e. The zero-order valence-corrected chi connectivity index (χ0v) is 19.9. The molecule has 0 bridgehead atoms. The Morgan fingerprint density at radius 2 is 1.91 bits per heavy atom. The first kappa shape index (κ1) is 22.7. The van der Waals surface area contributed by atoms with Crippen LogP contribution in [0.3, 0.4) is 0 Å². The standard InChI is InChI=1S/C26H30FN5O2/c1-14-10-25(11-15(2)22(14)34-4)12-17-5-7-19(30-24(33)21-8-6-18(27)13-29-21)9-20(17)26(25)31-16(3)23(28)32-26/h5-9,13-15,22H,10-12H2,1-4H3,(H2,28,32)(H,30,33)/t14-,15+,22?,25?,26-/m0/s1. The third kappa shape index (κ3) is 3.35. The van der Waals surface area contributed by atoms with Crippen molar-refractivity contribution < 1.29 is 13.9 Å². The zero-order valence-electron chi connectivity index (χ0n) is 19.9. The molecule has 1 saturated carbocycles. The van der Waals surface area contributed by atoms with E-state index in [-0.39, 0.29) is 17.2 Å². The number of aromatic nitrogens is 1. The molecule has 2 heterocycles. The van der Waals surface area contributed by atoms with Crippen LogP contribution in [-0.4, -0.2) is 35.7 Å². The van der Waals surface area contributed by atoms with E-state index in [1.165, 1.54) is 17.7 Å². The molecule has 3 aliphatic rings. The molecule has 1 amide bonds. The monoisotopic (exact) mass is 463 g/mol. The summed E-state index contributed by atoms with van der Waals surface area (Å²) < 4.78 is 19.0. The van der Waals surface area contributed by atoms with Gasteiger partial charge in [0.15, 0.2) is 5.66 Å². The number of anilines is 1. The molecular weight excluding hydrogens is 433 g/mol. The van der Waals surface area contributed by atoms with E-state index in [0.29, 0.717) is 23.4 Å². The summed E-state index contributed by atoms with van der Waals surface area (Å²) in [6.07, 6.45) is 3.90. The van der Waals surface area contributed by atoms with Gasteiger partial charge in [0.2, 0.25) is 0 Å². The number of nitrogens with two attached hydrogens (primary N) is 1. The number of nitrogens with zero attached hydrogens (tertiary/aromatic N) is 3. The average Bonchev–Trinajstić information content (AvgIpc) is 3.22. The molecule has 2 spiro atoms. The van der Waals surface area contributed by atoms with Gasteiger partial charge in [-0.15, -0.1) is 0 Å². The summed E-state index contributed by atoms with van der Waals surface area (Å²) in [5.41, 5.74) is 8.92. The van der Waals surface area contributed by atoms with E-state index in [9.17, 15) is 9.18 Å². The molecule has 5 atom stereocenters. The van der Waals surface area contributed by atoms with E-state index in [1.807, 2.05) is 25.1 Å². The normalized spacial score (nSPS) is 32.0. The first-order chi connectivity index (χ1) is 16.2. The fourth-order valence-corrected chi connectivity index (χ4v) is 6.55. The Labute approximate surface area is 198 Å². The van der Waals surface area contributed by atoms with Crippen molar-refractivity contribution in [2.75, 3.05) is 12.4 Å². The molecule has 5 rings (SSSR count). The Hall–Kier alpha value is -3.13. The number of ether oxygens (including phenoxy) is 1. The third-order valence-corrected chi connectivity index (χ3v) is 7.77. The lowest BCUT2D eigenvalue weighted by Gasteiger charge is -2.49. The first-order valence-corrected chi connectivity index (χ1v) is 11.7. The molecule has 1 aromatic carbocycles. The molecule has 1 fully saturated rings. The second kappa shape index (κ2) is 7.98. The molecule has 3 N–H and O–H groups in total. The van der Waals surface area contributed by atoms with Crippen LogP contribution in [0.25, 0.3) is 0 Å². The van der Waals surface area contributed by atoms with Crippen molar-refractivity contribution in [1.29, 1.82) is 0 Å². The van der Waals surface area contributed by atoms with Crippen LogP contribution in [0.2, 0.25) is 0 Å². The number of carbonyl (C=O) groups excluding carboxylic acids is 1. The van der Waals surface area contributed by atoms with Crippen molar-refractivity contribution >= 4 is 23.1 Å². The smallest absolute Gasteiger partial charge is 0.274 e. The largest absolute Gasteiger partial charge is 0.382 e.